The molecule has 150 valence electrons. The summed E-state index contributed by atoms with van der Waals surface area (Å²) in [5.41, 5.74) is 0.467. The molecule has 0 saturated carbocycles. The smallest absolute Gasteiger partial charge is 0.326 e. The van der Waals surface area contributed by atoms with Crippen molar-refractivity contribution in [2.24, 2.45) is 14.1 Å². The standard InChI is InChI=1S/C19H19N5O4S/c1-11(25)21-12-5-4-6-13(9-12)22-15(26)10-29-14-7-8-20-17-16(14)18(27)24(3)19(28)23(17)2/h4-9H,10H2,1-3H3,(H,21,25)(H,22,26). The number of anilines is 2. The molecule has 0 bridgehead atoms. The largest absolute Gasteiger partial charge is 0.332 e. The molecule has 0 unspecified atom stereocenters. The number of nitrogens with zero attached hydrogens (tertiary/aromatic N) is 3. The van der Waals surface area contributed by atoms with Crippen molar-refractivity contribution < 1.29 is 9.59 Å². The van der Waals surface area contributed by atoms with E-state index in [1.165, 1.54) is 36.5 Å². The van der Waals surface area contributed by atoms with Crippen LogP contribution in [0.3, 0.4) is 0 Å². The van der Waals surface area contributed by atoms with Crippen LogP contribution in [0.25, 0.3) is 11.0 Å². The van der Waals surface area contributed by atoms with Crippen molar-refractivity contribution in [1.29, 1.82) is 0 Å². The highest BCUT2D eigenvalue weighted by molar-refractivity contribution is 8.00. The van der Waals surface area contributed by atoms with Gasteiger partial charge in [0.05, 0.1) is 11.1 Å². The van der Waals surface area contributed by atoms with E-state index in [1.54, 1.807) is 37.4 Å². The van der Waals surface area contributed by atoms with Gasteiger partial charge in [-0.25, -0.2) is 9.78 Å². The highest BCUT2D eigenvalue weighted by atomic mass is 32.2. The number of hydrogen-bond donors (Lipinski definition) is 2. The number of carbonyl (C=O) groups excluding carboxylic acids is 2. The fourth-order valence-electron chi connectivity index (χ4n) is 2.80. The molecular weight excluding hydrogens is 394 g/mol. The second-order valence-corrected chi connectivity index (χ2v) is 7.33. The molecular formula is C19H19N5O4S. The minimum atomic E-state index is -0.464. The summed E-state index contributed by atoms with van der Waals surface area (Å²) in [4.78, 5) is 52.8. The van der Waals surface area contributed by atoms with Crippen LogP contribution in [-0.4, -0.2) is 31.7 Å². The zero-order valence-electron chi connectivity index (χ0n) is 16.1. The zero-order chi connectivity index (χ0) is 21.1. The van der Waals surface area contributed by atoms with Crippen LogP contribution < -0.4 is 21.9 Å². The highest BCUT2D eigenvalue weighted by Crippen LogP contribution is 2.24. The Morgan fingerprint density at radius 2 is 1.76 bits per heavy atom. The number of nitrogens with one attached hydrogen (secondary N) is 2. The third-order valence-electron chi connectivity index (χ3n) is 4.13. The molecule has 1 aromatic carbocycles. The Labute approximate surface area is 169 Å². The maximum absolute atomic E-state index is 12.5. The van der Waals surface area contributed by atoms with Gasteiger partial charge in [0, 0.05) is 43.5 Å². The number of rotatable bonds is 5. The highest BCUT2D eigenvalue weighted by Gasteiger charge is 2.15. The Bertz CT molecular complexity index is 1230. The molecule has 29 heavy (non-hydrogen) atoms. The van der Waals surface area contributed by atoms with Gasteiger partial charge in [-0.3, -0.25) is 23.5 Å². The minimum Gasteiger partial charge on any atom is -0.326 e. The van der Waals surface area contributed by atoms with Gasteiger partial charge in [0.2, 0.25) is 11.8 Å². The topological polar surface area (TPSA) is 115 Å². The number of aromatic nitrogens is 3. The second-order valence-electron chi connectivity index (χ2n) is 6.31. The second kappa shape index (κ2) is 8.31. The predicted molar refractivity (Wildman–Crippen MR) is 112 cm³/mol. The SMILES string of the molecule is CC(=O)Nc1cccc(NC(=O)CSc2ccnc3c2c(=O)n(C)c(=O)n3C)c1. The van der Waals surface area contributed by atoms with E-state index in [2.05, 4.69) is 15.6 Å². The van der Waals surface area contributed by atoms with Crippen LogP contribution in [0.1, 0.15) is 6.92 Å². The Balaban J connectivity index is 1.79. The fraction of sp³-hybridized carbons (Fsp3) is 0.211. The molecule has 0 saturated heterocycles. The van der Waals surface area contributed by atoms with Gasteiger partial charge in [-0.1, -0.05) is 6.07 Å². The summed E-state index contributed by atoms with van der Waals surface area (Å²) < 4.78 is 2.32. The van der Waals surface area contributed by atoms with Crippen molar-refractivity contribution >= 4 is 46.0 Å². The lowest BCUT2D eigenvalue weighted by molar-refractivity contribution is -0.114. The quantitative estimate of drug-likeness (QED) is 0.610. The third kappa shape index (κ3) is 4.37. The van der Waals surface area contributed by atoms with E-state index < -0.39 is 11.2 Å². The number of pyridine rings is 1. The predicted octanol–water partition coefficient (Wildman–Crippen LogP) is 1.32. The number of hydrogen-bond acceptors (Lipinski definition) is 6. The van der Waals surface area contributed by atoms with Gasteiger partial charge < -0.3 is 10.6 Å². The van der Waals surface area contributed by atoms with Gasteiger partial charge in [-0.15, -0.1) is 11.8 Å². The molecule has 0 radical (unpaired) electrons. The van der Waals surface area contributed by atoms with Crippen molar-refractivity contribution in [3.63, 3.8) is 0 Å². The van der Waals surface area contributed by atoms with Gasteiger partial charge in [0.1, 0.15) is 5.65 Å². The number of thioether (sulfide) groups is 1. The van der Waals surface area contributed by atoms with E-state index in [4.69, 9.17) is 0 Å². The first-order valence-electron chi connectivity index (χ1n) is 8.63. The number of benzene rings is 1. The van der Waals surface area contributed by atoms with Crippen LogP contribution >= 0.6 is 11.8 Å². The van der Waals surface area contributed by atoms with Crippen LogP contribution in [0.2, 0.25) is 0 Å². The van der Waals surface area contributed by atoms with Crippen LogP contribution in [0.4, 0.5) is 11.4 Å². The first-order chi connectivity index (χ1) is 13.8. The van der Waals surface area contributed by atoms with Gasteiger partial charge in [0.15, 0.2) is 0 Å². The van der Waals surface area contributed by atoms with E-state index >= 15 is 0 Å². The Kier molecular flexibility index (Phi) is 5.83. The molecule has 3 rings (SSSR count). The zero-order valence-corrected chi connectivity index (χ0v) is 16.9. The maximum Gasteiger partial charge on any atom is 0.332 e. The molecule has 10 heteroatoms. The van der Waals surface area contributed by atoms with Gasteiger partial charge in [-0.05, 0) is 24.3 Å². The van der Waals surface area contributed by atoms with Crippen LogP contribution in [0, 0.1) is 0 Å². The summed E-state index contributed by atoms with van der Waals surface area (Å²) in [6.07, 6.45) is 1.50. The van der Waals surface area contributed by atoms with Gasteiger partial charge in [0.25, 0.3) is 5.56 Å². The average Bonchev–Trinajstić information content (AvgIpc) is 2.68. The van der Waals surface area contributed by atoms with E-state index in [-0.39, 0.29) is 23.2 Å². The Morgan fingerprint density at radius 1 is 1.07 bits per heavy atom. The maximum atomic E-state index is 12.5. The molecule has 2 N–H and O–H groups in total. The first kappa shape index (κ1) is 20.3. The molecule has 0 aliphatic heterocycles. The van der Waals surface area contributed by atoms with Gasteiger partial charge in [-0.2, -0.15) is 0 Å². The monoisotopic (exact) mass is 413 g/mol. The molecule has 0 aliphatic carbocycles. The van der Waals surface area contributed by atoms with E-state index in [0.29, 0.717) is 21.7 Å². The number of fused-ring (bicyclic) bond motifs is 1. The molecule has 2 aromatic heterocycles. The average molecular weight is 413 g/mol. The van der Waals surface area contributed by atoms with Crippen molar-refractivity contribution in [1.82, 2.24) is 14.1 Å². The summed E-state index contributed by atoms with van der Waals surface area (Å²) in [6.45, 7) is 1.40. The molecule has 2 heterocycles. The van der Waals surface area contributed by atoms with E-state index in [1.807, 2.05) is 0 Å². The molecule has 0 fully saturated rings. The summed E-state index contributed by atoms with van der Waals surface area (Å²) in [7, 11) is 2.95. The third-order valence-corrected chi connectivity index (χ3v) is 5.19. The lowest BCUT2D eigenvalue weighted by atomic mass is 10.2. The van der Waals surface area contributed by atoms with Crippen molar-refractivity contribution in [3.8, 4) is 0 Å². The Hall–Kier alpha value is -3.40. The van der Waals surface area contributed by atoms with Crippen LogP contribution in [-0.2, 0) is 23.7 Å². The minimum absolute atomic E-state index is 0.0511. The summed E-state index contributed by atoms with van der Waals surface area (Å²) >= 11 is 1.18. The van der Waals surface area contributed by atoms with Crippen LogP contribution in [0.5, 0.6) is 0 Å². The molecule has 9 nitrogen and oxygen atoms in total. The first-order valence-corrected chi connectivity index (χ1v) is 9.61. The van der Waals surface area contributed by atoms with Crippen molar-refractivity contribution in [3.05, 3.63) is 57.4 Å². The van der Waals surface area contributed by atoms with E-state index in [9.17, 15) is 19.2 Å². The fourth-order valence-corrected chi connectivity index (χ4v) is 3.64. The lowest BCUT2D eigenvalue weighted by Crippen LogP contribution is -2.37. The molecule has 2 amide bonds. The van der Waals surface area contributed by atoms with Crippen LogP contribution in [0.15, 0.2) is 51.0 Å². The van der Waals surface area contributed by atoms with Gasteiger partial charge >= 0.3 is 5.69 Å². The van der Waals surface area contributed by atoms with E-state index in [0.717, 1.165) is 4.57 Å². The number of carbonyl (C=O) groups is 2. The van der Waals surface area contributed by atoms with Crippen molar-refractivity contribution in [2.45, 2.75) is 11.8 Å². The van der Waals surface area contributed by atoms with Crippen molar-refractivity contribution in [2.75, 3.05) is 16.4 Å². The Morgan fingerprint density at radius 3 is 2.45 bits per heavy atom. The molecule has 0 atom stereocenters. The number of amides is 2. The molecule has 0 spiro atoms. The molecule has 3 aromatic rings. The summed E-state index contributed by atoms with van der Waals surface area (Å²) in [5.74, 6) is -0.429. The summed E-state index contributed by atoms with van der Waals surface area (Å²) in [5, 5.41) is 5.70. The normalized spacial score (nSPS) is 10.7. The lowest BCUT2D eigenvalue weighted by Gasteiger charge is -2.10. The summed E-state index contributed by atoms with van der Waals surface area (Å²) in [6, 6.07) is 8.44. The molecule has 0 aliphatic rings. The number of aryl methyl sites for hydroxylation is 1.